The normalized spacial score (nSPS) is 27.2. The van der Waals surface area contributed by atoms with E-state index in [2.05, 4.69) is 37.0 Å². The average molecular weight is 496 g/mol. The number of ether oxygens (including phenoxy) is 2. The van der Waals surface area contributed by atoms with Crippen molar-refractivity contribution in [2.75, 3.05) is 19.7 Å². The van der Waals surface area contributed by atoms with E-state index >= 15 is 0 Å². The molecule has 1 aromatic carbocycles. The number of carboxylic acids is 1. The number of aromatic nitrogens is 2. The minimum absolute atomic E-state index is 0.0348. The number of likely N-dealkylation sites (tertiary alicyclic amines) is 1. The summed E-state index contributed by atoms with van der Waals surface area (Å²) < 4.78 is 13.1. The van der Waals surface area contributed by atoms with Gasteiger partial charge in [-0.25, -0.2) is 0 Å². The number of nitrogens with zero attached hydrogens (tertiary/aromatic N) is 2. The number of piperidine rings is 1. The molecule has 8 heteroatoms. The first-order valence-electron chi connectivity index (χ1n) is 13.0. The zero-order chi connectivity index (χ0) is 25.7. The Bertz CT molecular complexity index is 1140. The van der Waals surface area contributed by atoms with E-state index in [-0.39, 0.29) is 35.2 Å². The Morgan fingerprint density at radius 1 is 1.22 bits per heavy atom. The molecule has 5 rings (SSSR count). The molecule has 0 bridgehead atoms. The fraction of sp³-hybridized carbons (Fsp3) is 0.607. The number of fused-ring (bicyclic) bond motifs is 3. The van der Waals surface area contributed by atoms with Crippen LogP contribution in [0.3, 0.4) is 0 Å². The Labute approximate surface area is 212 Å². The number of para-hydroxylation sites is 1. The summed E-state index contributed by atoms with van der Waals surface area (Å²) in [5.74, 6) is -0.0195. The molecule has 2 N–H and O–H groups in total. The van der Waals surface area contributed by atoms with Crippen molar-refractivity contribution < 1.29 is 24.2 Å². The summed E-state index contributed by atoms with van der Waals surface area (Å²) in [6.45, 7) is 10.3. The Morgan fingerprint density at radius 2 is 1.94 bits per heavy atom. The van der Waals surface area contributed by atoms with Crippen LogP contribution in [-0.4, -0.2) is 57.4 Å². The number of rotatable bonds is 4. The molecule has 194 valence electrons. The second-order valence-electron chi connectivity index (χ2n) is 12.1. The molecule has 0 unspecified atom stereocenters. The van der Waals surface area contributed by atoms with Crippen LogP contribution in [0.4, 0.5) is 0 Å². The Morgan fingerprint density at radius 3 is 2.61 bits per heavy atom. The second kappa shape index (κ2) is 8.91. The van der Waals surface area contributed by atoms with Gasteiger partial charge in [0.2, 0.25) is 0 Å². The van der Waals surface area contributed by atoms with E-state index in [1.807, 2.05) is 36.1 Å². The first kappa shape index (κ1) is 24.8. The fourth-order valence-corrected chi connectivity index (χ4v) is 6.09. The molecule has 1 spiro atoms. The van der Waals surface area contributed by atoms with Gasteiger partial charge < -0.3 is 19.5 Å². The van der Waals surface area contributed by atoms with Crippen molar-refractivity contribution in [2.45, 2.75) is 76.9 Å². The number of aromatic amines is 1. The highest BCUT2D eigenvalue weighted by Crippen LogP contribution is 2.56. The molecular formula is C28H37N3O5. The third-order valence-corrected chi connectivity index (χ3v) is 8.49. The number of carbonyl (C=O) groups excluding carboxylic acids is 1. The number of nitrogens with one attached hydrogen (secondary N) is 1. The number of amides is 1. The zero-order valence-corrected chi connectivity index (χ0v) is 21.7. The van der Waals surface area contributed by atoms with Crippen molar-refractivity contribution in [1.82, 2.24) is 15.1 Å². The number of H-pyrrole nitrogens is 1. The summed E-state index contributed by atoms with van der Waals surface area (Å²) in [4.78, 5) is 26.5. The van der Waals surface area contributed by atoms with Crippen molar-refractivity contribution in [3.63, 3.8) is 0 Å². The molecule has 4 heterocycles. The minimum Gasteiger partial charge on any atom is -0.487 e. The molecule has 2 aromatic rings. The van der Waals surface area contributed by atoms with Crippen LogP contribution in [0.15, 0.2) is 30.3 Å². The predicted molar refractivity (Wildman–Crippen MR) is 134 cm³/mol. The summed E-state index contributed by atoms with van der Waals surface area (Å²) >= 11 is 0. The van der Waals surface area contributed by atoms with Gasteiger partial charge in [-0.05, 0) is 50.2 Å². The van der Waals surface area contributed by atoms with Crippen molar-refractivity contribution in [2.24, 2.45) is 11.3 Å². The highest BCUT2D eigenvalue weighted by molar-refractivity contribution is 5.92. The fourth-order valence-electron chi connectivity index (χ4n) is 6.09. The van der Waals surface area contributed by atoms with Crippen LogP contribution < -0.4 is 4.74 Å². The molecule has 2 saturated heterocycles. The third-order valence-electron chi connectivity index (χ3n) is 8.49. The lowest BCUT2D eigenvalue weighted by Crippen LogP contribution is -2.56. The maximum atomic E-state index is 13.2. The molecule has 3 aliphatic rings. The number of hydrogen-bond donors (Lipinski definition) is 2. The molecule has 8 nitrogen and oxygen atoms in total. The van der Waals surface area contributed by atoms with Gasteiger partial charge in [0, 0.05) is 42.1 Å². The van der Waals surface area contributed by atoms with Crippen LogP contribution in [-0.2, 0) is 14.9 Å². The standard InChI is InChI=1S/C28H37N3O5/c1-26(2,3)22-15-20(29-30-22)25(34)31-13-11-28(12-14-31)16-19-24(35-17-28)18-7-5-6-8-21(18)36-27(19,4)10-9-23(32)33/h5-8,15,19,24H,9-14,16-17H2,1-4H3,(H,29,30)(H,32,33)/t19-,24+,27+/m1/s1. The van der Waals surface area contributed by atoms with E-state index in [0.717, 1.165) is 36.3 Å². The summed E-state index contributed by atoms with van der Waals surface area (Å²) in [7, 11) is 0. The summed E-state index contributed by atoms with van der Waals surface area (Å²) in [6.07, 6.45) is 2.94. The lowest BCUT2D eigenvalue weighted by atomic mass is 9.63. The van der Waals surface area contributed by atoms with Crippen LogP contribution >= 0.6 is 0 Å². The lowest BCUT2D eigenvalue weighted by molar-refractivity contribution is -0.180. The molecule has 36 heavy (non-hydrogen) atoms. The van der Waals surface area contributed by atoms with Gasteiger partial charge in [-0.15, -0.1) is 0 Å². The van der Waals surface area contributed by atoms with Crippen molar-refractivity contribution in [3.8, 4) is 5.75 Å². The van der Waals surface area contributed by atoms with Crippen molar-refractivity contribution in [3.05, 3.63) is 47.3 Å². The third kappa shape index (κ3) is 4.51. The maximum absolute atomic E-state index is 13.2. The van der Waals surface area contributed by atoms with Crippen LogP contribution in [0.5, 0.6) is 5.75 Å². The van der Waals surface area contributed by atoms with Gasteiger partial charge in [0.25, 0.3) is 5.91 Å². The second-order valence-corrected chi connectivity index (χ2v) is 12.1. The topological polar surface area (TPSA) is 105 Å². The molecule has 0 radical (unpaired) electrons. The minimum atomic E-state index is -0.818. The van der Waals surface area contributed by atoms with Crippen molar-refractivity contribution >= 4 is 11.9 Å². The predicted octanol–water partition coefficient (Wildman–Crippen LogP) is 4.72. The molecule has 2 fully saturated rings. The monoisotopic (exact) mass is 495 g/mol. The summed E-state index contributed by atoms with van der Waals surface area (Å²) in [6, 6.07) is 9.81. The van der Waals surface area contributed by atoms with E-state index in [4.69, 9.17) is 9.47 Å². The van der Waals surface area contributed by atoms with Crippen LogP contribution in [0, 0.1) is 11.3 Å². The molecule has 3 atom stereocenters. The van der Waals surface area contributed by atoms with E-state index in [1.54, 1.807) is 0 Å². The Balaban J connectivity index is 1.32. The summed E-state index contributed by atoms with van der Waals surface area (Å²) in [5, 5.41) is 16.7. The number of benzene rings is 1. The summed E-state index contributed by atoms with van der Waals surface area (Å²) in [5.41, 5.74) is 1.68. The number of hydrogen-bond acceptors (Lipinski definition) is 5. The largest absolute Gasteiger partial charge is 0.487 e. The molecule has 1 aromatic heterocycles. The van der Waals surface area contributed by atoms with Gasteiger partial charge in [-0.1, -0.05) is 39.0 Å². The van der Waals surface area contributed by atoms with Gasteiger partial charge >= 0.3 is 5.97 Å². The maximum Gasteiger partial charge on any atom is 0.303 e. The zero-order valence-electron chi connectivity index (χ0n) is 21.7. The Hall–Kier alpha value is -2.87. The number of carbonyl (C=O) groups is 2. The van der Waals surface area contributed by atoms with Gasteiger partial charge in [0.05, 0.1) is 12.7 Å². The van der Waals surface area contributed by atoms with E-state index in [9.17, 15) is 14.7 Å². The highest BCUT2D eigenvalue weighted by atomic mass is 16.5. The van der Waals surface area contributed by atoms with Gasteiger partial charge in [-0.3, -0.25) is 14.7 Å². The van der Waals surface area contributed by atoms with Crippen LogP contribution in [0.1, 0.15) is 87.6 Å². The van der Waals surface area contributed by atoms with Gasteiger partial charge in [0.15, 0.2) is 0 Å². The molecular weight excluding hydrogens is 458 g/mol. The highest BCUT2D eigenvalue weighted by Gasteiger charge is 2.54. The van der Waals surface area contributed by atoms with Crippen LogP contribution in [0.2, 0.25) is 0 Å². The molecule has 0 saturated carbocycles. The lowest BCUT2D eigenvalue weighted by Gasteiger charge is -2.55. The van der Waals surface area contributed by atoms with Gasteiger partial charge in [-0.2, -0.15) is 5.10 Å². The number of aliphatic carboxylic acids is 1. The molecule has 0 aliphatic carbocycles. The molecule has 1 amide bonds. The molecule has 3 aliphatic heterocycles. The van der Waals surface area contributed by atoms with Crippen molar-refractivity contribution in [1.29, 1.82) is 0 Å². The van der Waals surface area contributed by atoms with Gasteiger partial charge in [0.1, 0.15) is 17.0 Å². The smallest absolute Gasteiger partial charge is 0.303 e. The van der Waals surface area contributed by atoms with E-state index in [1.165, 1.54) is 0 Å². The SMILES string of the molecule is CC(C)(C)c1cc(C(=O)N2CCC3(CC2)CO[C@H]2c4ccccc4O[C@@](C)(CCC(=O)O)[C@@H]2C3)n[nH]1. The van der Waals surface area contributed by atoms with Crippen LogP contribution in [0.25, 0.3) is 0 Å². The van der Waals surface area contributed by atoms with E-state index in [0.29, 0.717) is 31.8 Å². The van der Waals surface area contributed by atoms with E-state index < -0.39 is 11.6 Å². The first-order valence-corrected chi connectivity index (χ1v) is 13.0. The Kier molecular flexibility index (Phi) is 6.14. The number of carboxylic acid groups (broad SMARTS) is 1. The first-order chi connectivity index (χ1) is 17.0. The average Bonchev–Trinajstić information content (AvgIpc) is 3.35. The quantitative estimate of drug-likeness (QED) is 0.636.